The highest BCUT2D eigenvalue weighted by Gasteiger charge is 2.13. The van der Waals surface area contributed by atoms with E-state index in [0.717, 1.165) is 6.42 Å². The molecule has 2 unspecified atom stereocenters. The van der Waals surface area contributed by atoms with Gasteiger partial charge in [-0.05, 0) is 26.3 Å². The summed E-state index contributed by atoms with van der Waals surface area (Å²) in [5.74, 6) is 0.347. The third-order valence-electron chi connectivity index (χ3n) is 3.20. The molecule has 1 aromatic rings. The second kappa shape index (κ2) is 7.37. The summed E-state index contributed by atoms with van der Waals surface area (Å²) in [5.41, 5.74) is 0.694. The van der Waals surface area contributed by atoms with E-state index in [2.05, 4.69) is 19.2 Å². The van der Waals surface area contributed by atoms with Crippen molar-refractivity contribution in [3.63, 3.8) is 0 Å². The average molecular weight is 253 g/mol. The van der Waals surface area contributed by atoms with Crippen LogP contribution in [-0.2, 0) is 0 Å². The molecule has 1 aromatic carbocycles. The highest BCUT2D eigenvalue weighted by Crippen LogP contribution is 2.22. The van der Waals surface area contributed by atoms with Gasteiger partial charge in [0.25, 0.3) is 0 Å². The fourth-order valence-corrected chi connectivity index (χ4v) is 2.10. The smallest absolute Gasteiger partial charge is 0.131 e. The fraction of sp³-hybridized carbons (Fsp3) is 0.600. The molecule has 0 saturated carbocycles. The molecule has 0 radical (unpaired) electrons. The number of benzene rings is 1. The maximum Gasteiger partial charge on any atom is 0.131 e. The predicted molar refractivity (Wildman–Crippen MR) is 73.5 cm³/mol. The highest BCUT2D eigenvalue weighted by atomic mass is 19.1. The van der Waals surface area contributed by atoms with Crippen LogP contribution in [0.5, 0.6) is 5.75 Å². The first-order valence-corrected chi connectivity index (χ1v) is 6.68. The monoisotopic (exact) mass is 253 g/mol. The van der Waals surface area contributed by atoms with E-state index in [1.165, 1.54) is 18.9 Å². The van der Waals surface area contributed by atoms with E-state index < -0.39 is 0 Å². The molecule has 0 aromatic heterocycles. The Bertz CT molecular complexity index is 368. The molecule has 102 valence electrons. The standard InChI is InChI=1S/C15H24FNO/c1-5-6-7-11(2)17-12(3)14-9-8-13(18-4)10-15(14)16/h8-12,17H,5-7H2,1-4H3. The Hall–Kier alpha value is -1.09. The predicted octanol–water partition coefficient (Wildman–Crippen LogP) is 4.06. The zero-order valence-corrected chi connectivity index (χ0v) is 11.8. The lowest BCUT2D eigenvalue weighted by Crippen LogP contribution is -2.29. The molecular weight excluding hydrogens is 229 g/mol. The van der Waals surface area contributed by atoms with Gasteiger partial charge < -0.3 is 10.1 Å². The Morgan fingerprint density at radius 3 is 2.61 bits per heavy atom. The van der Waals surface area contributed by atoms with Crippen LogP contribution in [0.15, 0.2) is 18.2 Å². The molecule has 2 atom stereocenters. The van der Waals surface area contributed by atoms with E-state index in [0.29, 0.717) is 17.4 Å². The SMILES string of the molecule is CCCCC(C)NC(C)c1ccc(OC)cc1F. The van der Waals surface area contributed by atoms with Crippen LogP contribution in [0.3, 0.4) is 0 Å². The quantitative estimate of drug-likeness (QED) is 0.791. The molecule has 3 heteroatoms. The minimum absolute atomic E-state index is 0.0164. The Morgan fingerprint density at radius 2 is 2.06 bits per heavy atom. The molecular formula is C15H24FNO. The summed E-state index contributed by atoms with van der Waals surface area (Å²) in [6.45, 7) is 6.32. The van der Waals surface area contributed by atoms with E-state index in [4.69, 9.17) is 4.74 Å². The van der Waals surface area contributed by atoms with Crippen LogP contribution in [-0.4, -0.2) is 13.2 Å². The number of methoxy groups -OCH3 is 1. The summed E-state index contributed by atoms with van der Waals surface area (Å²) in [6.07, 6.45) is 3.52. The number of hydrogen-bond donors (Lipinski definition) is 1. The zero-order valence-electron chi connectivity index (χ0n) is 11.8. The van der Waals surface area contributed by atoms with Crippen molar-refractivity contribution in [3.8, 4) is 5.75 Å². The van der Waals surface area contributed by atoms with Crippen molar-refractivity contribution < 1.29 is 9.13 Å². The summed E-state index contributed by atoms with van der Waals surface area (Å²) >= 11 is 0. The number of rotatable bonds is 7. The van der Waals surface area contributed by atoms with E-state index in [1.807, 2.05) is 6.92 Å². The molecule has 0 heterocycles. The van der Waals surface area contributed by atoms with Crippen molar-refractivity contribution in [2.24, 2.45) is 0 Å². The largest absolute Gasteiger partial charge is 0.497 e. The van der Waals surface area contributed by atoms with Crippen molar-refractivity contribution in [1.82, 2.24) is 5.32 Å². The van der Waals surface area contributed by atoms with Crippen LogP contribution in [0, 0.1) is 5.82 Å². The summed E-state index contributed by atoms with van der Waals surface area (Å²) < 4.78 is 18.9. The van der Waals surface area contributed by atoms with Crippen LogP contribution in [0.1, 0.15) is 51.6 Å². The summed E-state index contributed by atoms with van der Waals surface area (Å²) in [6, 6.07) is 5.44. The van der Waals surface area contributed by atoms with Gasteiger partial charge in [0.1, 0.15) is 11.6 Å². The van der Waals surface area contributed by atoms with Crippen LogP contribution in [0.25, 0.3) is 0 Å². The normalized spacial score (nSPS) is 14.3. The second-order valence-electron chi connectivity index (χ2n) is 4.82. The van der Waals surface area contributed by atoms with Gasteiger partial charge in [0, 0.05) is 23.7 Å². The average Bonchev–Trinajstić information content (AvgIpc) is 2.35. The minimum Gasteiger partial charge on any atom is -0.497 e. The topological polar surface area (TPSA) is 21.3 Å². The number of hydrogen-bond acceptors (Lipinski definition) is 2. The van der Waals surface area contributed by atoms with Crippen molar-refractivity contribution in [3.05, 3.63) is 29.6 Å². The molecule has 0 fully saturated rings. The van der Waals surface area contributed by atoms with Gasteiger partial charge in [-0.15, -0.1) is 0 Å². The molecule has 0 saturated heterocycles. The third-order valence-corrected chi connectivity index (χ3v) is 3.20. The van der Waals surface area contributed by atoms with Crippen molar-refractivity contribution in [2.75, 3.05) is 7.11 Å². The Balaban J connectivity index is 2.63. The van der Waals surface area contributed by atoms with Gasteiger partial charge in [0.2, 0.25) is 0 Å². The van der Waals surface area contributed by atoms with Gasteiger partial charge in [0.05, 0.1) is 7.11 Å². The third kappa shape index (κ3) is 4.30. The van der Waals surface area contributed by atoms with Crippen LogP contribution >= 0.6 is 0 Å². The molecule has 18 heavy (non-hydrogen) atoms. The van der Waals surface area contributed by atoms with Gasteiger partial charge in [0.15, 0.2) is 0 Å². The Morgan fingerprint density at radius 1 is 1.33 bits per heavy atom. The zero-order chi connectivity index (χ0) is 13.5. The molecule has 1 N–H and O–H groups in total. The molecule has 0 spiro atoms. The lowest BCUT2D eigenvalue weighted by molar-refractivity contribution is 0.406. The molecule has 2 nitrogen and oxygen atoms in total. The maximum absolute atomic E-state index is 13.9. The number of unbranched alkanes of at least 4 members (excludes halogenated alkanes) is 1. The molecule has 0 aliphatic rings. The molecule has 0 amide bonds. The highest BCUT2D eigenvalue weighted by molar-refractivity contribution is 5.30. The minimum atomic E-state index is -0.211. The van der Waals surface area contributed by atoms with Crippen LogP contribution in [0.4, 0.5) is 4.39 Å². The first-order valence-electron chi connectivity index (χ1n) is 6.68. The van der Waals surface area contributed by atoms with E-state index in [-0.39, 0.29) is 11.9 Å². The van der Waals surface area contributed by atoms with Gasteiger partial charge in [-0.1, -0.05) is 25.8 Å². The van der Waals surface area contributed by atoms with E-state index >= 15 is 0 Å². The number of halogens is 1. The lowest BCUT2D eigenvalue weighted by atomic mass is 10.0. The van der Waals surface area contributed by atoms with Crippen LogP contribution in [0.2, 0.25) is 0 Å². The van der Waals surface area contributed by atoms with Gasteiger partial charge in [-0.25, -0.2) is 4.39 Å². The van der Waals surface area contributed by atoms with E-state index in [1.54, 1.807) is 19.2 Å². The van der Waals surface area contributed by atoms with E-state index in [9.17, 15) is 4.39 Å². The van der Waals surface area contributed by atoms with Gasteiger partial charge >= 0.3 is 0 Å². The van der Waals surface area contributed by atoms with Crippen LogP contribution < -0.4 is 10.1 Å². The maximum atomic E-state index is 13.9. The first-order chi connectivity index (χ1) is 8.58. The summed E-state index contributed by atoms with van der Waals surface area (Å²) in [4.78, 5) is 0. The van der Waals surface area contributed by atoms with Gasteiger partial charge in [-0.3, -0.25) is 0 Å². The van der Waals surface area contributed by atoms with Crippen molar-refractivity contribution >= 4 is 0 Å². The lowest BCUT2D eigenvalue weighted by Gasteiger charge is -2.21. The van der Waals surface area contributed by atoms with Crippen molar-refractivity contribution in [1.29, 1.82) is 0 Å². The molecule has 1 rings (SSSR count). The number of ether oxygens (including phenoxy) is 1. The number of nitrogens with one attached hydrogen (secondary N) is 1. The summed E-state index contributed by atoms with van der Waals surface area (Å²) in [5, 5.41) is 3.43. The second-order valence-corrected chi connectivity index (χ2v) is 4.82. The fourth-order valence-electron chi connectivity index (χ4n) is 2.10. The molecule has 0 aliphatic carbocycles. The van der Waals surface area contributed by atoms with Gasteiger partial charge in [-0.2, -0.15) is 0 Å². The van der Waals surface area contributed by atoms with Crippen molar-refractivity contribution in [2.45, 2.75) is 52.1 Å². The molecule has 0 aliphatic heterocycles. The Labute approximate surface area is 110 Å². The first kappa shape index (κ1) is 15.0. The Kier molecular flexibility index (Phi) is 6.13. The summed E-state index contributed by atoms with van der Waals surface area (Å²) in [7, 11) is 1.54. The molecule has 0 bridgehead atoms.